The van der Waals surface area contributed by atoms with Crippen LogP contribution in [0.1, 0.15) is 24.0 Å². The van der Waals surface area contributed by atoms with E-state index in [0.717, 1.165) is 9.87 Å². The van der Waals surface area contributed by atoms with Crippen LogP contribution in [0.4, 0.5) is 0 Å². The molecule has 144 valence electrons. The average molecular weight is 453 g/mol. The Labute approximate surface area is 163 Å². The van der Waals surface area contributed by atoms with E-state index < -0.39 is 19.4 Å². The van der Waals surface area contributed by atoms with Gasteiger partial charge in [0, 0.05) is 47.4 Å². The fourth-order valence-electron chi connectivity index (χ4n) is 2.00. The number of hydrogen-bond donors (Lipinski definition) is 2. The minimum absolute atomic E-state index is 0.100. The molecule has 0 amide bonds. The van der Waals surface area contributed by atoms with E-state index in [9.17, 15) is 16.8 Å². The van der Waals surface area contributed by atoms with Gasteiger partial charge in [0.05, 0.1) is 0 Å². The van der Waals surface area contributed by atoms with Crippen molar-refractivity contribution in [2.45, 2.75) is 26.3 Å². The van der Waals surface area contributed by atoms with E-state index in [1.54, 1.807) is 19.1 Å². The highest BCUT2D eigenvalue weighted by Gasteiger charge is 2.19. The maximum Gasteiger partial charge on any atom is 0.297 e. The van der Waals surface area contributed by atoms with Crippen LogP contribution >= 0.6 is 33.9 Å². The summed E-state index contributed by atoms with van der Waals surface area (Å²) >= 11 is 12.0. The van der Waals surface area contributed by atoms with Gasteiger partial charge in [-0.05, 0) is 43.0 Å². The first-order valence-electron chi connectivity index (χ1n) is 7.27. The number of aryl methyl sites for hydroxylation is 1. The van der Waals surface area contributed by atoms with Crippen molar-refractivity contribution in [3.8, 4) is 0 Å². The van der Waals surface area contributed by atoms with E-state index in [0.29, 0.717) is 28.5 Å². The van der Waals surface area contributed by atoms with Crippen molar-refractivity contribution in [3.05, 3.63) is 33.3 Å². The van der Waals surface area contributed by atoms with Gasteiger partial charge in [0.15, 0.2) is 0 Å². The summed E-state index contributed by atoms with van der Waals surface area (Å²) in [6, 6.07) is 3.28. The second kappa shape index (κ2) is 9.70. The van der Waals surface area contributed by atoms with Gasteiger partial charge in [0.25, 0.3) is 19.4 Å². The van der Waals surface area contributed by atoms with Crippen molar-refractivity contribution in [2.75, 3.05) is 20.1 Å². The van der Waals surface area contributed by atoms with Crippen LogP contribution in [0.15, 0.2) is 12.1 Å². The highest BCUT2D eigenvalue weighted by atomic mass is 35.7. The lowest BCUT2D eigenvalue weighted by atomic mass is 10.1. The Hall–Kier alpha value is -0.130. The van der Waals surface area contributed by atoms with Crippen LogP contribution in [0, 0.1) is 6.92 Å². The molecule has 0 unspecified atom stereocenters. The third-order valence-corrected chi connectivity index (χ3v) is 6.29. The van der Waals surface area contributed by atoms with Crippen LogP contribution < -0.4 is 9.44 Å². The topological polar surface area (TPSA) is 95.6 Å². The Morgan fingerprint density at radius 1 is 1.04 bits per heavy atom. The van der Waals surface area contributed by atoms with Crippen LogP contribution in [-0.2, 0) is 26.0 Å². The van der Waals surface area contributed by atoms with Gasteiger partial charge in [-0.2, -0.15) is 21.1 Å². The van der Waals surface area contributed by atoms with Gasteiger partial charge in [0.2, 0.25) is 0 Å². The highest BCUT2D eigenvalue weighted by molar-refractivity contribution is 8.12. The van der Waals surface area contributed by atoms with Crippen LogP contribution in [0.25, 0.3) is 0 Å². The number of unbranched alkanes of at least 4 members (excludes halogenated alkanes) is 1. The maximum atomic E-state index is 12.2. The normalized spacial score (nSPS) is 12.7. The van der Waals surface area contributed by atoms with Gasteiger partial charge in [0.1, 0.15) is 0 Å². The van der Waals surface area contributed by atoms with Crippen molar-refractivity contribution in [1.29, 1.82) is 0 Å². The van der Waals surface area contributed by atoms with Crippen LogP contribution in [-0.4, -0.2) is 41.3 Å². The molecule has 0 fully saturated rings. The first-order valence-corrected chi connectivity index (χ1v) is 11.8. The van der Waals surface area contributed by atoms with E-state index in [-0.39, 0.29) is 19.6 Å². The largest absolute Gasteiger partial charge is 0.297 e. The summed E-state index contributed by atoms with van der Waals surface area (Å²) in [6.45, 7) is 2.22. The first kappa shape index (κ1) is 22.9. The molecule has 0 aliphatic rings. The van der Waals surface area contributed by atoms with Gasteiger partial charge >= 0.3 is 0 Å². The summed E-state index contributed by atoms with van der Waals surface area (Å²) in [4.78, 5) is 0. The first-order chi connectivity index (χ1) is 11.4. The van der Waals surface area contributed by atoms with E-state index in [1.165, 1.54) is 7.05 Å². The summed E-state index contributed by atoms with van der Waals surface area (Å²) in [5.74, 6) is 0. The molecular weight excluding hydrogens is 433 g/mol. The third kappa shape index (κ3) is 8.40. The predicted octanol–water partition coefficient (Wildman–Crippen LogP) is 2.42. The minimum atomic E-state index is -3.75. The standard InChI is InChI=1S/C13H20Cl3N3O4S2/c1-10-7-11(14)8-13(15)12(10)9-19(2)25(22,23)18-6-4-3-5-17-24(16,20)21/h7-8,17-18H,3-6,9H2,1-2H3. The molecular formula is C13H20Cl3N3O4S2. The number of nitrogens with one attached hydrogen (secondary N) is 2. The zero-order valence-electron chi connectivity index (χ0n) is 13.7. The molecule has 0 radical (unpaired) electrons. The number of rotatable bonds is 10. The predicted molar refractivity (Wildman–Crippen MR) is 102 cm³/mol. The lowest BCUT2D eigenvalue weighted by Crippen LogP contribution is -2.38. The molecule has 1 aromatic rings. The fourth-order valence-corrected chi connectivity index (χ4v) is 4.19. The lowest BCUT2D eigenvalue weighted by Gasteiger charge is -2.20. The van der Waals surface area contributed by atoms with E-state index >= 15 is 0 Å². The highest BCUT2D eigenvalue weighted by Crippen LogP contribution is 2.26. The summed E-state index contributed by atoms with van der Waals surface area (Å²) in [7, 11) is -1.00. The Morgan fingerprint density at radius 2 is 1.60 bits per heavy atom. The van der Waals surface area contributed by atoms with Gasteiger partial charge < -0.3 is 0 Å². The summed E-state index contributed by atoms with van der Waals surface area (Å²) in [5.41, 5.74) is 1.48. The second-order valence-electron chi connectivity index (χ2n) is 5.38. The smallest absolute Gasteiger partial charge is 0.202 e. The van der Waals surface area contributed by atoms with E-state index in [1.807, 2.05) is 0 Å². The monoisotopic (exact) mass is 451 g/mol. The molecule has 12 heteroatoms. The average Bonchev–Trinajstić information content (AvgIpc) is 2.45. The number of hydrogen-bond acceptors (Lipinski definition) is 4. The number of halogens is 3. The van der Waals surface area contributed by atoms with Crippen molar-refractivity contribution in [2.24, 2.45) is 0 Å². The molecule has 25 heavy (non-hydrogen) atoms. The van der Waals surface area contributed by atoms with Crippen LogP contribution in [0.5, 0.6) is 0 Å². The summed E-state index contributed by atoms with van der Waals surface area (Å²) in [5, 5.41) is 0.892. The van der Waals surface area contributed by atoms with Crippen LogP contribution in [0.2, 0.25) is 10.0 Å². The zero-order valence-corrected chi connectivity index (χ0v) is 17.6. The Kier molecular flexibility index (Phi) is 8.89. The van der Waals surface area contributed by atoms with E-state index in [2.05, 4.69) is 9.44 Å². The molecule has 0 aliphatic carbocycles. The Balaban J connectivity index is 2.53. The van der Waals surface area contributed by atoms with Gasteiger partial charge in [-0.3, -0.25) is 0 Å². The molecule has 0 aliphatic heterocycles. The number of nitrogens with zero attached hydrogens (tertiary/aromatic N) is 1. The maximum absolute atomic E-state index is 12.2. The van der Waals surface area contributed by atoms with Crippen molar-refractivity contribution >= 4 is 53.3 Å². The van der Waals surface area contributed by atoms with Crippen molar-refractivity contribution in [3.63, 3.8) is 0 Å². The number of benzene rings is 1. The molecule has 0 aromatic heterocycles. The molecule has 0 saturated heterocycles. The summed E-state index contributed by atoms with van der Waals surface area (Å²) in [6.07, 6.45) is 0.896. The SMILES string of the molecule is Cc1cc(Cl)cc(Cl)c1CN(C)S(=O)(=O)NCCCCNS(=O)(=O)Cl. The summed E-state index contributed by atoms with van der Waals surface area (Å²) < 4.78 is 51.5. The molecule has 2 N–H and O–H groups in total. The van der Waals surface area contributed by atoms with Crippen molar-refractivity contribution < 1.29 is 16.8 Å². The quantitative estimate of drug-likeness (QED) is 0.421. The molecule has 0 spiro atoms. The van der Waals surface area contributed by atoms with Gasteiger partial charge in [-0.25, -0.2) is 9.44 Å². The molecule has 1 rings (SSSR count). The molecule has 7 nitrogen and oxygen atoms in total. The van der Waals surface area contributed by atoms with E-state index in [4.69, 9.17) is 33.9 Å². The molecule has 0 saturated carbocycles. The Morgan fingerprint density at radius 3 is 2.12 bits per heavy atom. The van der Waals surface area contributed by atoms with Crippen LogP contribution in [0.3, 0.4) is 0 Å². The minimum Gasteiger partial charge on any atom is -0.202 e. The van der Waals surface area contributed by atoms with Gasteiger partial charge in [-0.1, -0.05) is 23.2 Å². The molecule has 0 bridgehead atoms. The van der Waals surface area contributed by atoms with Crippen molar-refractivity contribution in [1.82, 2.24) is 13.7 Å². The lowest BCUT2D eigenvalue weighted by molar-refractivity contribution is 0.453. The zero-order chi connectivity index (χ0) is 19.3. The fraction of sp³-hybridized carbons (Fsp3) is 0.538. The van der Waals surface area contributed by atoms with Gasteiger partial charge in [-0.15, -0.1) is 0 Å². The second-order valence-corrected chi connectivity index (χ2v) is 10.5. The third-order valence-electron chi connectivity index (χ3n) is 3.34. The molecule has 0 heterocycles. The molecule has 1 aromatic carbocycles. The molecule has 0 atom stereocenters. The Bertz CT molecular complexity index is 778.